The third kappa shape index (κ3) is 3.17. The molecule has 0 bridgehead atoms. The molecule has 5 nitrogen and oxygen atoms in total. The van der Waals surface area contributed by atoms with Crippen molar-refractivity contribution in [1.82, 2.24) is 4.90 Å². The first-order chi connectivity index (χ1) is 7.35. The van der Waals surface area contributed by atoms with E-state index in [-0.39, 0.29) is 0 Å². The van der Waals surface area contributed by atoms with Crippen molar-refractivity contribution in [1.29, 1.82) is 0 Å². The molecule has 5 heteroatoms. The van der Waals surface area contributed by atoms with Gasteiger partial charge in [-0.1, -0.05) is 13.8 Å². The molecule has 0 aromatic rings. The zero-order chi connectivity index (χ0) is 12.3. The normalized spacial score (nSPS) is 23.3. The van der Waals surface area contributed by atoms with Gasteiger partial charge in [-0.25, -0.2) is 4.79 Å². The Kier molecular flexibility index (Phi) is 4.29. The van der Waals surface area contributed by atoms with Crippen molar-refractivity contribution >= 4 is 5.97 Å². The van der Waals surface area contributed by atoms with E-state index in [0.29, 0.717) is 31.8 Å². The van der Waals surface area contributed by atoms with Crippen molar-refractivity contribution in [2.45, 2.75) is 38.4 Å². The quantitative estimate of drug-likeness (QED) is 0.630. The molecule has 3 N–H and O–H groups in total. The van der Waals surface area contributed by atoms with E-state index in [1.165, 1.54) is 0 Å². The number of aliphatic hydroxyl groups excluding tert-OH is 1. The van der Waals surface area contributed by atoms with Gasteiger partial charge in [0.1, 0.15) is 5.60 Å². The molecule has 1 fully saturated rings. The average molecular weight is 231 g/mol. The molecule has 0 amide bonds. The van der Waals surface area contributed by atoms with Gasteiger partial charge in [-0.05, 0) is 18.8 Å². The molecule has 1 aliphatic rings. The maximum atomic E-state index is 10.6. The minimum Gasteiger partial charge on any atom is -0.479 e. The molecule has 0 aromatic heterocycles. The Bertz CT molecular complexity index is 246. The van der Waals surface area contributed by atoms with Crippen LogP contribution >= 0.6 is 0 Å². The largest absolute Gasteiger partial charge is 0.479 e. The van der Waals surface area contributed by atoms with E-state index >= 15 is 0 Å². The van der Waals surface area contributed by atoms with Crippen LogP contribution in [0.5, 0.6) is 0 Å². The molecule has 1 rings (SSSR count). The first-order valence-corrected chi connectivity index (χ1v) is 5.71. The molecule has 1 unspecified atom stereocenters. The number of rotatable bonds is 4. The number of hydrogen-bond donors (Lipinski definition) is 3. The van der Waals surface area contributed by atoms with Crippen molar-refractivity contribution in [3.05, 3.63) is 0 Å². The van der Waals surface area contributed by atoms with E-state index in [1.807, 2.05) is 0 Å². The van der Waals surface area contributed by atoms with Gasteiger partial charge in [-0.3, -0.25) is 0 Å². The molecular formula is C11H21NO4. The highest BCUT2D eigenvalue weighted by Crippen LogP contribution is 2.26. The Morgan fingerprint density at radius 2 is 1.88 bits per heavy atom. The fourth-order valence-corrected chi connectivity index (χ4v) is 2.14. The van der Waals surface area contributed by atoms with Crippen LogP contribution in [0.2, 0.25) is 0 Å². The molecule has 1 heterocycles. The summed E-state index contributed by atoms with van der Waals surface area (Å²) in [5, 5.41) is 28.1. The van der Waals surface area contributed by atoms with Gasteiger partial charge < -0.3 is 20.2 Å². The van der Waals surface area contributed by atoms with Gasteiger partial charge in [0.2, 0.25) is 0 Å². The highest BCUT2D eigenvalue weighted by atomic mass is 16.4. The lowest BCUT2D eigenvalue weighted by molar-refractivity contribution is -0.169. The summed E-state index contributed by atoms with van der Waals surface area (Å²) in [5.41, 5.74) is -1.46. The van der Waals surface area contributed by atoms with Crippen LogP contribution in [0.1, 0.15) is 26.7 Å². The number of aliphatic hydroxyl groups is 2. The summed E-state index contributed by atoms with van der Waals surface area (Å²) in [4.78, 5) is 12.8. The predicted molar refractivity (Wildman–Crippen MR) is 59.1 cm³/mol. The summed E-state index contributed by atoms with van der Waals surface area (Å²) in [5.74, 6) is -0.796. The number of hydrogen-bond acceptors (Lipinski definition) is 4. The standard InChI is InChI=1S/C11H21NO4/c1-8(2)7-12-5-3-11(16,4-6-12)9(13)10(14)15/h8-9,13,16H,3-7H2,1-2H3,(H,14,15). The topological polar surface area (TPSA) is 81.0 Å². The first-order valence-electron chi connectivity index (χ1n) is 5.71. The van der Waals surface area contributed by atoms with E-state index in [9.17, 15) is 15.0 Å². The van der Waals surface area contributed by atoms with Crippen LogP contribution in [0, 0.1) is 5.92 Å². The number of nitrogens with zero attached hydrogens (tertiary/aromatic N) is 1. The zero-order valence-electron chi connectivity index (χ0n) is 9.89. The summed E-state index contributed by atoms with van der Waals surface area (Å²) in [6, 6.07) is 0. The summed E-state index contributed by atoms with van der Waals surface area (Å²) in [6.07, 6.45) is -1.05. The van der Waals surface area contributed by atoms with Crippen molar-refractivity contribution in [2.75, 3.05) is 19.6 Å². The molecule has 16 heavy (non-hydrogen) atoms. The number of likely N-dealkylation sites (tertiary alicyclic amines) is 1. The fourth-order valence-electron chi connectivity index (χ4n) is 2.14. The molecule has 1 aliphatic heterocycles. The number of carboxylic acids is 1. The van der Waals surface area contributed by atoms with Gasteiger partial charge in [0.15, 0.2) is 6.10 Å². The van der Waals surface area contributed by atoms with E-state index in [4.69, 9.17) is 5.11 Å². The second-order valence-electron chi connectivity index (χ2n) is 5.04. The van der Waals surface area contributed by atoms with Crippen LogP contribution in [-0.2, 0) is 4.79 Å². The predicted octanol–water partition coefficient (Wildman–Crippen LogP) is -0.0852. The van der Waals surface area contributed by atoms with Gasteiger partial charge in [-0.2, -0.15) is 0 Å². The lowest BCUT2D eigenvalue weighted by atomic mass is 9.85. The average Bonchev–Trinajstić information content (AvgIpc) is 2.20. The maximum absolute atomic E-state index is 10.6. The van der Waals surface area contributed by atoms with Gasteiger partial charge in [0, 0.05) is 19.6 Å². The van der Waals surface area contributed by atoms with Gasteiger partial charge in [-0.15, -0.1) is 0 Å². The van der Waals surface area contributed by atoms with Crippen molar-refractivity contribution in [3.63, 3.8) is 0 Å². The van der Waals surface area contributed by atoms with Crippen molar-refractivity contribution in [2.24, 2.45) is 5.92 Å². The van der Waals surface area contributed by atoms with Crippen molar-refractivity contribution in [3.8, 4) is 0 Å². The first kappa shape index (κ1) is 13.4. The molecular weight excluding hydrogens is 210 g/mol. The Labute approximate surface area is 95.7 Å². The summed E-state index contributed by atoms with van der Waals surface area (Å²) in [6.45, 7) is 6.46. The van der Waals surface area contributed by atoms with Crippen LogP contribution in [-0.4, -0.2) is 57.5 Å². The number of piperidine rings is 1. The second-order valence-corrected chi connectivity index (χ2v) is 5.04. The van der Waals surface area contributed by atoms with E-state index in [0.717, 1.165) is 6.54 Å². The van der Waals surface area contributed by atoms with Crippen LogP contribution in [0.15, 0.2) is 0 Å². The molecule has 0 saturated carbocycles. The number of carbonyl (C=O) groups is 1. The zero-order valence-corrected chi connectivity index (χ0v) is 9.89. The van der Waals surface area contributed by atoms with E-state index in [2.05, 4.69) is 18.7 Å². The summed E-state index contributed by atoms with van der Waals surface area (Å²) < 4.78 is 0. The molecule has 0 aliphatic carbocycles. The maximum Gasteiger partial charge on any atom is 0.335 e. The van der Waals surface area contributed by atoms with Gasteiger partial charge in [0.05, 0.1) is 0 Å². The Morgan fingerprint density at radius 3 is 2.25 bits per heavy atom. The van der Waals surface area contributed by atoms with E-state index < -0.39 is 17.7 Å². The monoisotopic (exact) mass is 231 g/mol. The smallest absolute Gasteiger partial charge is 0.335 e. The van der Waals surface area contributed by atoms with Gasteiger partial charge in [0.25, 0.3) is 0 Å². The molecule has 1 atom stereocenters. The second kappa shape index (κ2) is 5.12. The SMILES string of the molecule is CC(C)CN1CCC(O)(C(O)C(=O)O)CC1. The Balaban J connectivity index is 2.49. The van der Waals surface area contributed by atoms with Gasteiger partial charge >= 0.3 is 5.97 Å². The molecule has 0 radical (unpaired) electrons. The molecule has 1 saturated heterocycles. The van der Waals surface area contributed by atoms with Crippen LogP contribution in [0.4, 0.5) is 0 Å². The van der Waals surface area contributed by atoms with Crippen molar-refractivity contribution < 1.29 is 20.1 Å². The highest BCUT2D eigenvalue weighted by Gasteiger charge is 2.42. The van der Waals surface area contributed by atoms with Crippen LogP contribution in [0.25, 0.3) is 0 Å². The molecule has 94 valence electrons. The minimum atomic E-state index is -1.67. The Morgan fingerprint density at radius 1 is 1.38 bits per heavy atom. The summed E-state index contributed by atoms with van der Waals surface area (Å²) in [7, 11) is 0. The van der Waals surface area contributed by atoms with Crippen LogP contribution < -0.4 is 0 Å². The third-order valence-corrected chi connectivity index (χ3v) is 3.09. The lowest BCUT2D eigenvalue weighted by Gasteiger charge is -2.40. The van der Waals surface area contributed by atoms with E-state index in [1.54, 1.807) is 0 Å². The number of carboxylic acid groups (broad SMARTS) is 1. The third-order valence-electron chi connectivity index (χ3n) is 3.09. The number of aliphatic carboxylic acids is 1. The highest BCUT2D eigenvalue weighted by molar-refractivity contribution is 5.73. The van der Waals surface area contributed by atoms with Crippen LogP contribution in [0.3, 0.4) is 0 Å². The lowest BCUT2D eigenvalue weighted by Crippen LogP contribution is -2.54. The Hall–Kier alpha value is -0.650. The fraction of sp³-hybridized carbons (Fsp3) is 0.909. The molecule has 0 aromatic carbocycles. The summed E-state index contributed by atoms with van der Waals surface area (Å²) >= 11 is 0. The molecule has 0 spiro atoms. The minimum absolute atomic E-state index is 0.313.